The summed E-state index contributed by atoms with van der Waals surface area (Å²) in [5.41, 5.74) is 6.24. The van der Waals surface area contributed by atoms with Crippen molar-refractivity contribution in [2.45, 2.75) is 46.1 Å². The maximum atomic E-state index is 12.1. The van der Waals surface area contributed by atoms with Crippen LogP contribution in [0.4, 0.5) is 0 Å². The number of benzene rings is 1. The first-order valence-electron chi connectivity index (χ1n) is 8.01. The van der Waals surface area contributed by atoms with Gasteiger partial charge < -0.3 is 20.5 Å². The Morgan fingerprint density at radius 3 is 2.68 bits per heavy atom. The van der Waals surface area contributed by atoms with Gasteiger partial charge in [-0.25, -0.2) is 0 Å². The monoisotopic (exact) mass is 308 g/mol. The van der Waals surface area contributed by atoms with Crippen molar-refractivity contribution in [3.8, 4) is 11.5 Å². The molecule has 5 heteroatoms. The zero-order valence-electron chi connectivity index (χ0n) is 13.9. The second-order valence-corrected chi connectivity index (χ2v) is 5.32. The average molecular weight is 308 g/mol. The van der Waals surface area contributed by atoms with E-state index >= 15 is 0 Å². The summed E-state index contributed by atoms with van der Waals surface area (Å²) in [7, 11) is 0. The molecule has 0 saturated carbocycles. The molecule has 0 heterocycles. The van der Waals surface area contributed by atoms with E-state index in [-0.39, 0.29) is 11.9 Å². The van der Waals surface area contributed by atoms with Crippen LogP contribution < -0.4 is 20.5 Å². The van der Waals surface area contributed by atoms with Gasteiger partial charge in [0.2, 0.25) is 0 Å². The number of unbranched alkanes of at least 4 members (excludes halogenated alkanes) is 1. The van der Waals surface area contributed by atoms with E-state index in [1.165, 1.54) is 0 Å². The second-order valence-electron chi connectivity index (χ2n) is 5.32. The normalized spacial score (nSPS) is 11.8. The molecule has 1 atom stereocenters. The Labute approximate surface area is 133 Å². The van der Waals surface area contributed by atoms with Crippen LogP contribution in [0.25, 0.3) is 0 Å². The maximum Gasteiger partial charge on any atom is 0.251 e. The molecular weight excluding hydrogens is 280 g/mol. The van der Waals surface area contributed by atoms with Crippen molar-refractivity contribution in [2.24, 2.45) is 5.73 Å². The molecule has 0 spiro atoms. The topological polar surface area (TPSA) is 73.6 Å². The van der Waals surface area contributed by atoms with Gasteiger partial charge in [0.1, 0.15) is 0 Å². The fourth-order valence-electron chi connectivity index (χ4n) is 1.88. The van der Waals surface area contributed by atoms with Crippen molar-refractivity contribution in [3.05, 3.63) is 23.8 Å². The van der Waals surface area contributed by atoms with E-state index in [0.29, 0.717) is 36.8 Å². The van der Waals surface area contributed by atoms with E-state index in [1.807, 2.05) is 13.8 Å². The summed E-state index contributed by atoms with van der Waals surface area (Å²) in [5.74, 6) is 1.17. The SMILES string of the molecule is CCCCOc1ccc(C(=O)NCCC(C)N)cc1OCC. The Morgan fingerprint density at radius 1 is 1.27 bits per heavy atom. The molecule has 1 rings (SSSR count). The molecule has 1 unspecified atom stereocenters. The lowest BCUT2D eigenvalue weighted by molar-refractivity contribution is 0.0952. The lowest BCUT2D eigenvalue weighted by Crippen LogP contribution is -2.28. The van der Waals surface area contributed by atoms with Gasteiger partial charge in [0.25, 0.3) is 5.91 Å². The summed E-state index contributed by atoms with van der Waals surface area (Å²) in [4.78, 5) is 12.1. The first kappa shape index (κ1) is 18.3. The Morgan fingerprint density at radius 2 is 2.05 bits per heavy atom. The van der Waals surface area contributed by atoms with Crippen molar-refractivity contribution in [1.29, 1.82) is 0 Å². The molecule has 0 saturated heterocycles. The lowest BCUT2D eigenvalue weighted by atomic mass is 10.1. The fraction of sp³-hybridized carbons (Fsp3) is 0.588. The minimum Gasteiger partial charge on any atom is -0.490 e. The molecule has 1 aromatic rings. The predicted octanol–water partition coefficient (Wildman–Crippen LogP) is 2.73. The maximum absolute atomic E-state index is 12.1. The van der Waals surface area contributed by atoms with Crippen molar-refractivity contribution in [1.82, 2.24) is 5.32 Å². The van der Waals surface area contributed by atoms with E-state index < -0.39 is 0 Å². The van der Waals surface area contributed by atoms with E-state index in [2.05, 4.69) is 12.2 Å². The number of rotatable bonds is 10. The summed E-state index contributed by atoms with van der Waals surface area (Å²) >= 11 is 0. The zero-order valence-corrected chi connectivity index (χ0v) is 13.9. The Balaban J connectivity index is 2.71. The summed E-state index contributed by atoms with van der Waals surface area (Å²) in [6, 6.07) is 5.35. The number of carbonyl (C=O) groups excluding carboxylic acids is 1. The number of ether oxygens (including phenoxy) is 2. The highest BCUT2D eigenvalue weighted by Gasteiger charge is 2.11. The van der Waals surface area contributed by atoms with Crippen LogP contribution >= 0.6 is 0 Å². The molecule has 5 nitrogen and oxygen atoms in total. The minimum absolute atomic E-state index is 0.0774. The molecule has 0 aliphatic heterocycles. The van der Waals surface area contributed by atoms with Crippen LogP contribution in [0.3, 0.4) is 0 Å². The zero-order chi connectivity index (χ0) is 16.4. The number of hydrogen-bond acceptors (Lipinski definition) is 4. The molecule has 0 aromatic heterocycles. The van der Waals surface area contributed by atoms with Crippen molar-refractivity contribution in [3.63, 3.8) is 0 Å². The second kappa shape index (κ2) is 10.1. The number of amides is 1. The number of nitrogens with two attached hydrogens (primary N) is 1. The van der Waals surface area contributed by atoms with Gasteiger partial charge in [0.15, 0.2) is 11.5 Å². The summed E-state index contributed by atoms with van der Waals surface area (Å²) in [6.07, 6.45) is 2.82. The van der Waals surface area contributed by atoms with Crippen LogP contribution in [-0.2, 0) is 0 Å². The van der Waals surface area contributed by atoms with Gasteiger partial charge in [0, 0.05) is 18.2 Å². The molecule has 22 heavy (non-hydrogen) atoms. The van der Waals surface area contributed by atoms with Crippen LogP contribution in [0, 0.1) is 0 Å². The third kappa shape index (κ3) is 6.35. The number of carbonyl (C=O) groups is 1. The highest BCUT2D eigenvalue weighted by Crippen LogP contribution is 2.28. The largest absolute Gasteiger partial charge is 0.490 e. The molecule has 0 aliphatic rings. The van der Waals surface area contributed by atoms with Crippen molar-refractivity contribution in [2.75, 3.05) is 19.8 Å². The van der Waals surface area contributed by atoms with Crippen LogP contribution in [0.2, 0.25) is 0 Å². The van der Waals surface area contributed by atoms with Gasteiger partial charge in [0.05, 0.1) is 13.2 Å². The van der Waals surface area contributed by atoms with Crippen LogP contribution in [0.5, 0.6) is 11.5 Å². The number of nitrogens with one attached hydrogen (secondary N) is 1. The Hall–Kier alpha value is -1.75. The standard InChI is InChI=1S/C17H28N2O3/c1-4-6-11-22-15-8-7-14(12-16(15)21-5-2)17(20)19-10-9-13(3)18/h7-8,12-13H,4-6,9-11,18H2,1-3H3,(H,19,20). The van der Waals surface area contributed by atoms with Crippen molar-refractivity contribution >= 4 is 5.91 Å². The Bertz CT molecular complexity index is 461. The van der Waals surface area contributed by atoms with Crippen LogP contribution in [0.15, 0.2) is 18.2 Å². The van der Waals surface area contributed by atoms with E-state index in [0.717, 1.165) is 19.3 Å². The molecule has 124 valence electrons. The molecular formula is C17H28N2O3. The quantitative estimate of drug-likeness (QED) is 0.652. The molecule has 0 radical (unpaired) electrons. The van der Waals surface area contributed by atoms with Gasteiger partial charge in [-0.1, -0.05) is 13.3 Å². The smallest absolute Gasteiger partial charge is 0.251 e. The van der Waals surface area contributed by atoms with E-state index in [1.54, 1.807) is 18.2 Å². The number of hydrogen-bond donors (Lipinski definition) is 2. The fourth-order valence-corrected chi connectivity index (χ4v) is 1.88. The van der Waals surface area contributed by atoms with E-state index in [4.69, 9.17) is 15.2 Å². The van der Waals surface area contributed by atoms with Gasteiger partial charge in [-0.3, -0.25) is 4.79 Å². The highest BCUT2D eigenvalue weighted by molar-refractivity contribution is 5.94. The molecule has 0 aliphatic carbocycles. The summed E-state index contributed by atoms with van der Waals surface area (Å²) in [6.45, 7) is 7.68. The van der Waals surface area contributed by atoms with Crippen LogP contribution in [0.1, 0.15) is 50.4 Å². The van der Waals surface area contributed by atoms with Gasteiger partial charge in [-0.2, -0.15) is 0 Å². The predicted molar refractivity (Wildman–Crippen MR) is 88.6 cm³/mol. The van der Waals surface area contributed by atoms with E-state index in [9.17, 15) is 4.79 Å². The third-order valence-corrected chi connectivity index (χ3v) is 3.15. The molecule has 1 amide bonds. The lowest BCUT2D eigenvalue weighted by Gasteiger charge is -2.13. The third-order valence-electron chi connectivity index (χ3n) is 3.15. The summed E-state index contributed by atoms with van der Waals surface area (Å²) < 4.78 is 11.3. The Kier molecular flexibility index (Phi) is 8.36. The summed E-state index contributed by atoms with van der Waals surface area (Å²) in [5, 5.41) is 2.86. The average Bonchev–Trinajstić information content (AvgIpc) is 2.48. The molecule has 0 bridgehead atoms. The van der Waals surface area contributed by atoms with Crippen molar-refractivity contribution < 1.29 is 14.3 Å². The molecule has 1 aromatic carbocycles. The van der Waals surface area contributed by atoms with Gasteiger partial charge in [-0.15, -0.1) is 0 Å². The van der Waals surface area contributed by atoms with Gasteiger partial charge in [-0.05, 0) is 44.9 Å². The molecule has 0 fully saturated rings. The van der Waals surface area contributed by atoms with Crippen LogP contribution in [-0.4, -0.2) is 31.7 Å². The first-order chi connectivity index (χ1) is 10.6. The van der Waals surface area contributed by atoms with Gasteiger partial charge >= 0.3 is 0 Å². The highest BCUT2D eigenvalue weighted by atomic mass is 16.5. The minimum atomic E-state index is -0.123. The first-order valence-corrected chi connectivity index (χ1v) is 8.01. The molecule has 3 N–H and O–H groups in total.